The van der Waals surface area contributed by atoms with Crippen LogP contribution in [0.5, 0.6) is 0 Å². The van der Waals surface area contributed by atoms with Gasteiger partial charge in [0.25, 0.3) is 0 Å². The number of allylic oxidation sites excluding steroid dienone is 1. The third-order valence-electron chi connectivity index (χ3n) is 11.9. The van der Waals surface area contributed by atoms with Gasteiger partial charge in [0.2, 0.25) is 0 Å². The third-order valence-corrected chi connectivity index (χ3v) is 11.9. The van der Waals surface area contributed by atoms with Gasteiger partial charge >= 0.3 is 0 Å². The summed E-state index contributed by atoms with van der Waals surface area (Å²) in [5.41, 5.74) is 17.7. The summed E-state index contributed by atoms with van der Waals surface area (Å²) in [5.74, 6) is 0.439. The highest BCUT2D eigenvalue weighted by Gasteiger charge is 2.45. The van der Waals surface area contributed by atoms with Gasteiger partial charge in [0, 0.05) is 22.3 Å². The normalized spacial score (nSPS) is 16.5. The van der Waals surface area contributed by atoms with Gasteiger partial charge in [0.15, 0.2) is 0 Å². The van der Waals surface area contributed by atoms with E-state index in [9.17, 15) is 0 Å². The Bertz CT molecular complexity index is 2690. The number of hydrogen-bond donors (Lipinski definition) is 0. The van der Waals surface area contributed by atoms with E-state index in [1.807, 2.05) is 0 Å². The summed E-state index contributed by atoms with van der Waals surface area (Å²) in [6, 6.07) is 52.2. The molecule has 0 saturated heterocycles. The topological polar surface area (TPSA) is 4.93 Å². The number of hydrogen-bond acceptors (Lipinski definition) is 0. The van der Waals surface area contributed by atoms with Crippen LogP contribution in [-0.2, 0) is 11.8 Å². The summed E-state index contributed by atoms with van der Waals surface area (Å²) in [4.78, 5) is 0. The second-order valence-electron chi connectivity index (χ2n) is 14.5. The first-order chi connectivity index (χ1) is 23.6. The fraction of sp³-hybridized carbons (Fsp3) is 0.106. The summed E-state index contributed by atoms with van der Waals surface area (Å²) in [6.45, 7) is 4.88. The SMILES string of the molecule is CC1(C)c2ccccc2C2=Cc3c(n(-c4ccc(-c5ccc6c7c(cccc57)-c5ccccc5-6)cc4)c4ccc5ccccc5c34)CC21. The fourth-order valence-electron chi connectivity index (χ4n) is 9.59. The van der Waals surface area contributed by atoms with E-state index in [0.717, 1.165) is 6.42 Å². The summed E-state index contributed by atoms with van der Waals surface area (Å²) in [5, 5.41) is 6.69. The van der Waals surface area contributed by atoms with Gasteiger partial charge in [-0.15, -0.1) is 0 Å². The first-order valence-electron chi connectivity index (χ1n) is 17.2. The zero-order valence-electron chi connectivity index (χ0n) is 27.1. The van der Waals surface area contributed by atoms with E-state index >= 15 is 0 Å². The molecule has 0 N–H and O–H groups in total. The quantitative estimate of drug-likeness (QED) is 0.183. The van der Waals surface area contributed by atoms with E-state index in [1.165, 1.54) is 99.5 Å². The van der Waals surface area contributed by atoms with Crippen LogP contribution in [0.3, 0.4) is 0 Å². The molecule has 3 aliphatic rings. The Kier molecular flexibility index (Phi) is 5.08. The highest BCUT2D eigenvalue weighted by molar-refractivity contribution is 6.19. The Morgan fingerprint density at radius 3 is 2.04 bits per heavy atom. The van der Waals surface area contributed by atoms with Crippen molar-refractivity contribution in [2.45, 2.75) is 25.7 Å². The maximum atomic E-state index is 2.57. The van der Waals surface area contributed by atoms with Crippen LogP contribution in [0.1, 0.15) is 36.2 Å². The predicted molar refractivity (Wildman–Crippen MR) is 203 cm³/mol. The summed E-state index contributed by atoms with van der Waals surface area (Å²) in [7, 11) is 0. The Hall–Kier alpha value is -5.66. The standard InChI is InChI=1S/C47H33N/c1-47(2)41-17-8-7-14-35(41)39-26-40-44(27-42(39)47)48(43-25-20-28-10-3-4-11-32(28)46(40)43)30-21-18-29(19-22-30)31-23-24-38-34-13-6-5-12-33(34)37-16-9-15-36(31)45(37)38/h3-26,42H,27H2,1-2H3. The van der Waals surface area contributed by atoms with Crippen LogP contribution in [-0.4, -0.2) is 4.57 Å². The largest absolute Gasteiger partial charge is 0.313 e. The molecule has 1 unspecified atom stereocenters. The molecule has 0 fully saturated rings. The second kappa shape index (κ2) is 9.24. The Labute approximate surface area is 280 Å². The minimum atomic E-state index is 0.0722. The first kappa shape index (κ1) is 26.4. The summed E-state index contributed by atoms with van der Waals surface area (Å²) < 4.78 is 2.57. The lowest BCUT2D eigenvalue weighted by Crippen LogP contribution is -2.27. The lowest BCUT2D eigenvalue weighted by Gasteiger charge is -2.32. The average molecular weight is 612 g/mol. The van der Waals surface area contributed by atoms with Gasteiger partial charge in [-0.1, -0.05) is 135 Å². The van der Waals surface area contributed by atoms with Crippen molar-refractivity contribution in [3.8, 4) is 39.1 Å². The van der Waals surface area contributed by atoms with E-state index in [1.54, 1.807) is 0 Å². The summed E-state index contributed by atoms with van der Waals surface area (Å²) in [6.07, 6.45) is 3.56. The van der Waals surface area contributed by atoms with E-state index < -0.39 is 0 Å². The molecule has 0 bridgehead atoms. The first-order valence-corrected chi connectivity index (χ1v) is 17.2. The van der Waals surface area contributed by atoms with Crippen LogP contribution in [0, 0.1) is 5.92 Å². The van der Waals surface area contributed by atoms with Crippen molar-refractivity contribution < 1.29 is 0 Å². The van der Waals surface area contributed by atoms with E-state index in [-0.39, 0.29) is 5.41 Å². The van der Waals surface area contributed by atoms with Gasteiger partial charge in [-0.2, -0.15) is 0 Å². The molecular formula is C47H33N. The Morgan fingerprint density at radius 2 is 1.21 bits per heavy atom. The second-order valence-corrected chi connectivity index (χ2v) is 14.5. The molecule has 0 amide bonds. The smallest absolute Gasteiger partial charge is 0.0544 e. The number of aromatic nitrogens is 1. The predicted octanol–water partition coefficient (Wildman–Crippen LogP) is 12.3. The molecule has 0 radical (unpaired) electrons. The fourth-order valence-corrected chi connectivity index (χ4v) is 9.59. The van der Waals surface area contributed by atoms with Crippen molar-refractivity contribution in [3.63, 3.8) is 0 Å². The monoisotopic (exact) mass is 611 g/mol. The molecule has 226 valence electrons. The van der Waals surface area contributed by atoms with Crippen LogP contribution in [0.15, 0.2) is 140 Å². The third kappa shape index (κ3) is 3.31. The molecule has 7 aromatic carbocycles. The highest BCUT2D eigenvalue weighted by atomic mass is 15.0. The molecule has 1 atom stereocenters. The van der Waals surface area contributed by atoms with Crippen LogP contribution < -0.4 is 0 Å². The van der Waals surface area contributed by atoms with Crippen molar-refractivity contribution in [1.82, 2.24) is 4.57 Å². The van der Waals surface area contributed by atoms with Gasteiger partial charge in [-0.25, -0.2) is 0 Å². The van der Waals surface area contributed by atoms with Crippen molar-refractivity contribution >= 4 is 44.1 Å². The lowest BCUT2D eigenvalue weighted by atomic mass is 9.73. The summed E-state index contributed by atoms with van der Waals surface area (Å²) >= 11 is 0. The minimum Gasteiger partial charge on any atom is -0.313 e. The van der Waals surface area contributed by atoms with Crippen LogP contribution >= 0.6 is 0 Å². The molecule has 1 aromatic heterocycles. The van der Waals surface area contributed by atoms with Gasteiger partial charge in [0.1, 0.15) is 0 Å². The molecule has 0 saturated carbocycles. The molecule has 1 nitrogen and oxygen atoms in total. The number of fused-ring (bicyclic) bond motifs is 11. The van der Waals surface area contributed by atoms with Gasteiger partial charge < -0.3 is 4.57 Å². The number of rotatable bonds is 2. The van der Waals surface area contributed by atoms with Crippen molar-refractivity contribution in [2.75, 3.05) is 0 Å². The van der Waals surface area contributed by atoms with Crippen LogP contribution in [0.2, 0.25) is 0 Å². The minimum absolute atomic E-state index is 0.0722. The molecule has 11 rings (SSSR count). The Balaban J connectivity index is 1.11. The lowest BCUT2D eigenvalue weighted by molar-refractivity contribution is 0.405. The van der Waals surface area contributed by atoms with Crippen molar-refractivity contribution in [1.29, 1.82) is 0 Å². The van der Waals surface area contributed by atoms with E-state index in [4.69, 9.17) is 0 Å². The van der Waals surface area contributed by atoms with Gasteiger partial charge in [0.05, 0.1) is 5.52 Å². The van der Waals surface area contributed by atoms with E-state index in [2.05, 4.69) is 164 Å². The molecule has 8 aromatic rings. The van der Waals surface area contributed by atoms with Crippen LogP contribution in [0.4, 0.5) is 0 Å². The zero-order valence-corrected chi connectivity index (χ0v) is 27.1. The van der Waals surface area contributed by atoms with Crippen molar-refractivity contribution in [3.05, 3.63) is 162 Å². The number of nitrogens with zero attached hydrogens (tertiary/aromatic N) is 1. The highest BCUT2D eigenvalue weighted by Crippen LogP contribution is 2.56. The molecule has 0 spiro atoms. The molecule has 1 heterocycles. The molecule has 3 aliphatic carbocycles. The van der Waals surface area contributed by atoms with Crippen LogP contribution in [0.25, 0.3) is 83.2 Å². The molecule has 1 heteroatoms. The average Bonchev–Trinajstić information content (AvgIpc) is 3.72. The van der Waals surface area contributed by atoms with E-state index in [0.29, 0.717) is 5.92 Å². The number of benzene rings is 7. The molecule has 48 heavy (non-hydrogen) atoms. The Morgan fingerprint density at radius 1 is 0.542 bits per heavy atom. The molecule has 0 aliphatic heterocycles. The van der Waals surface area contributed by atoms with Crippen molar-refractivity contribution in [2.24, 2.45) is 5.92 Å². The molecular weight excluding hydrogens is 579 g/mol. The van der Waals surface area contributed by atoms with Gasteiger partial charge in [-0.05, 0) is 114 Å². The maximum Gasteiger partial charge on any atom is 0.0544 e. The zero-order chi connectivity index (χ0) is 31.7. The maximum absolute atomic E-state index is 2.57. The van der Waals surface area contributed by atoms with Gasteiger partial charge in [-0.3, -0.25) is 0 Å².